The maximum atomic E-state index is 12.2. The number of benzene rings is 1. The molecule has 6 nitrogen and oxygen atoms in total. The van der Waals surface area contributed by atoms with Gasteiger partial charge in [0.1, 0.15) is 11.5 Å². The lowest BCUT2D eigenvalue weighted by molar-refractivity contribution is -0.115. The Morgan fingerprint density at radius 2 is 2.04 bits per heavy atom. The first-order valence-electron chi connectivity index (χ1n) is 8.87. The van der Waals surface area contributed by atoms with E-state index in [4.69, 9.17) is 4.42 Å². The monoisotopic (exact) mass is 417 g/mol. The molecule has 2 aromatic heterocycles. The van der Waals surface area contributed by atoms with Crippen LogP contribution in [0, 0.1) is 5.41 Å². The zero-order valence-corrected chi connectivity index (χ0v) is 17.7. The number of nitrogens with one attached hydrogen (secondary N) is 1. The summed E-state index contributed by atoms with van der Waals surface area (Å²) in [5.41, 5.74) is 0.742. The van der Waals surface area contributed by atoms with Crippen LogP contribution in [0.4, 0.5) is 5.13 Å². The lowest BCUT2D eigenvalue weighted by Crippen LogP contribution is -2.14. The number of hydrogen-bond donors (Lipinski definition) is 2. The molecule has 0 saturated carbocycles. The maximum Gasteiger partial charge on any atom is 0.230 e. The Morgan fingerprint density at radius 3 is 2.79 bits per heavy atom. The number of oxazole rings is 1. The molecule has 3 aromatic rings. The van der Waals surface area contributed by atoms with Crippen LogP contribution in [0.25, 0.3) is 0 Å². The predicted molar refractivity (Wildman–Crippen MR) is 112 cm³/mol. The second kappa shape index (κ2) is 8.79. The molecule has 28 heavy (non-hydrogen) atoms. The summed E-state index contributed by atoms with van der Waals surface area (Å²) in [7, 11) is 0. The average molecular weight is 418 g/mol. The number of thiazole rings is 1. The van der Waals surface area contributed by atoms with Crippen LogP contribution in [0.3, 0.4) is 0 Å². The third kappa shape index (κ3) is 6.10. The van der Waals surface area contributed by atoms with E-state index in [1.165, 1.54) is 11.3 Å². The number of carbonyl (C=O) groups is 1. The molecule has 0 aliphatic rings. The molecule has 1 aromatic carbocycles. The first kappa shape index (κ1) is 20.4. The largest absolute Gasteiger partial charge is 0.508 e. The van der Waals surface area contributed by atoms with Crippen LogP contribution < -0.4 is 5.32 Å². The molecule has 0 bridgehead atoms. The Labute approximate surface area is 172 Å². The van der Waals surface area contributed by atoms with Gasteiger partial charge in [-0.3, -0.25) is 4.79 Å². The van der Waals surface area contributed by atoms with Gasteiger partial charge in [0, 0.05) is 12.0 Å². The third-order valence-electron chi connectivity index (χ3n) is 3.72. The minimum absolute atomic E-state index is 0.0988. The molecule has 8 heteroatoms. The van der Waals surface area contributed by atoms with E-state index in [0.717, 1.165) is 16.4 Å². The number of rotatable bonds is 7. The van der Waals surface area contributed by atoms with Crippen LogP contribution >= 0.6 is 23.1 Å². The van der Waals surface area contributed by atoms with Gasteiger partial charge >= 0.3 is 0 Å². The van der Waals surface area contributed by atoms with Gasteiger partial charge in [-0.05, 0) is 11.5 Å². The SMILES string of the molecule is CC(C)(C)Cc1cnc(CSc2cnc(NC(=O)Cc3ccccc3O)s2)o1. The number of para-hydroxylation sites is 1. The summed E-state index contributed by atoms with van der Waals surface area (Å²) in [4.78, 5) is 20.7. The first-order chi connectivity index (χ1) is 13.3. The normalized spacial score (nSPS) is 11.5. The van der Waals surface area contributed by atoms with Crippen molar-refractivity contribution in [3.63, 3.8) is 0 Å². The number of thioether (sulfide) groups is 1. The highest BCUT2D eigenvalue weighted by Gasteiger charge is 2.15. The summed E-state index contributed by atoms with van der Waals surface area (Å²) in [5.74, 6) is 2.08. The molecule has 0 atom stereocenters. The van der Waals surface area contributed by atoms with Crippen LogP contribution in [-0.4, -0.2) is 21.0 Å². The molecule has 0 radical (unpaired) electrons. The Morgan fingerprint density at radius 1 is 1.25 bits per heavy atom. The highest BCUT2D eigenvalue weighted by atomic mass is 32.2. The quantitative estimate of drug-likeness (QED) is 0.532. The fourth-order valence-electron chi connectivity index (χ4n) is 2.53. The van der Waals surface area contributed by atoms with E-state index >= 15 is 0 Å². The lowest BCUT2D eigenvalue weighted by atomic mass is 9.91. The third-order valence-corrected chi connectivity index (χ3v) is 5.81. The minimum Gasteiger partial charge on any atom is -0.508 e. The van der Waals surface area contributed by atoms with Crippen molar-refractivity contribution in [2.45, 2.75) is 43.6 Å². The van der Waals surface area contributed by atoms with E-state index in [2.05, 4.69) is 36.1 Å². The van der Waals surface area contributed by atoms with Crippen LogP contribution in [0.5, 0.6) is 5.75 Å². The van der Waals surface area contributed by atoms with Gasteiger partial charge in [-0.1, -0.05) is 50.3 Å². The summed E-state index contributed by atoms with van der Waals surface area (Å²) >= 11 is 2.97. The highest BCUT2D eigenvalue weighted by Crippen LogP contribution is 2.31. The van der Waals surface area contributed by atoms with Crippen molar-refractivity contribution in [3.8, 4) is 5.75 Å². The van der Waals surface area contributed by atoms with Crippen LogP contribution in [0.15, 0.2) is 45.3 Å². The summed E-state index contributed by atoms with van der Waals surface area (Å²) in [6.45, 7) is 6.49. The van der Waals surface area contributed by atoms with E-state index in [1.54, 1.807) is 48.4 Å². The van der Waals surface area contributed by atoms with Gasteiger partial charge in [0.15, 0.2) is 5.13 Å². The van der Waals surface area contributed by atoms with Crippen LogP contribution in [0.2, 0.25) is 0 Å². The van der Waals surface area contributed by atoms with E-state index in [-0.39, 0.29) is 23.5 Å². The Balaban J connectivity index is 1.50. The predicted octanol–water partition coefficient (Wildman–Crippen LogP) is 4.90. The molecule has 3 rings (SSSR count). The van der Waals surface area contributed by atoms with Crippen molar-refractivity contribution >= 4 is 34.1 Å². The van der Waals surface area contributed by atoms with Crippen molar-refractivity contribution in [1.82, 2.24) is 9.97 Å². The van der Waals surface area contributed by atoms with Gasteiger partial charge in [-0.2, -0.15) is 0 Å². The zero-order chi connectivity index (χ0) is 20.1. The smallest absolute Gasteiger partial charge is 0.230 e. The van der Waals surface area contributed by atoms with Crippen LogP contribution in [-0.2, 0) is 23.4 Å². The molecule has 0 spiro atoms. The van der Waals surface area contributed by atoms with Crippen molar-refractivity contribution in [3.05, 3.63) is 53.9 Å². The molecule has 0 unspecified atom stereocenters. The van der Waals surface area contributed by atoms with Crippen molar-refractivity contribution in [1.29, 1.82) is 0 Å². The molecule has 1 amide bonds. The molecule has 0 aliphatic carbocycles. The molecule has 0 aliphatic heterocycles. The van der Waals surface area contributed by atoms with E-state index in [0.29, 0.717) is 22.3 Å². The second-order valence-corrected chi connectivity index (χ2v) is 9.89. The average Bonchev–Trinajstić information content (AvgIpc) is 3.23. The summed E-state index contributed by atoms with van der Waals surface area (Å²) in [6.07, 6.45) is 4.46. The standard InChI is InChI=1S/C20H23N3O3S2/c1-20(2,3)9-14-10-21-17(26-14)12-27-18-11-22-19(28-18)23-16(25)8-13-6-4-5-7-15(13)24/h4-7,10-11,24H,8-9,12H2,1-3H3,(H,22,23,25). The molecule has 0 saturated heterocycles. The number of aromatic nitrogens is 2. The molecule has 148 valence electrons. The van der Waals surface area contributed by atoms with Gasteiger partial charge in [-0.15, -0.1) is 11.8 Å². The fraction of sp³-hybridized carbons (Fsp3) is 0.350. The number of phenols is 1. The molecular weight excluding hydrogens is 394 g/mol. The zero-order valence-electron chi connectivity index (χ0n) is 16.1. The van der Waals surface area contributed by atoms with Crippen molar-refractivity contribution in [2.24, 2.45) is 5.41 Å². The van der Waals surface area contributed by atoms with Crippen molar-refractivity contribution < 1.29 is 14.3 Å². The Hall–Kier alpha value is -2.32. The van der Waals surface area contributed by atoms with Gasteiger partial charge in [0.25, 0.3) is 0 Å². The van der Waals surface area contributed by atoms with E-state index < -0.39 is 0 Å². The van der Waals surface area contributed by atoms with Crippen molar-refractivity contribution in [2.75, 3.05) is 5.32 Å². The topological polar surface area (TPSA) is 88.2 Å². The van der Waals surface area contributed by atoms with Crippen LogP contribution in [0.1, 0.15) is 38.0 Å². The number of aromatic hydroxyl groups is 1. The number of amides is 1. The molecule has 2 N–H and O–H groups in total. The number of hydrogen-bond acceptors (Lipinski definition) is 7. The number of phenolic OH excluding ortho intramolecular Hbond substituents is 1. The van der Waals surface area contributed by atoms with Gasteiger partial charge in [-0.25, -0.2) is 9.97 Å². The summed E-state index contributed by atoms with van der Waals surface area (Å²) < 4.78 is 6.76. The Kier molecular flexibility index (Phi) is 6.41. The highest BCUT2D eigenvalue weighted by molar-refractivity contribution is 8.00. The lowest BCUT2D eigenvalue weighted by Gasteiger charge is -2.15. The first-order valence-corrected chi connectivity index (χ1v) is 10.7. The van der Waals surface area contributed by atoms with Gasteiger partial charge < -0.3 is 14.8 Å². The number of carbonyl (C=O) groups excluding carboxylic acids is 1. The number of nitrogens with zero attached hydrogens (tertiary/aromatic N) is 2. The number of anilines is 1. The maximum absolute atomic E-state index is 12.2. The van der Waals surface area contributed by atoms with E-state index in [9.17, 15) is 9.90 Å². The molecular formula is C20H23N3O3S2. The summed E-state index contributed by atoms with van der Waals surface area (Å²) in [6, 6.07) is 6.80. The molecule has 0 fully saturated rings. The Bertz CT molecular complexity index is 944. The fourth-order valence-corrected chi connectivity index (χ4v) is 4.27. The van der Waals surface area contributed by atoms with Gasteiger partial charge in [0.05, 0.1) is 28.8 Å². The molecule has 2 heterocycles. The van der Waals surface area contributed by atoms with Gasteiger partial charge in [0.2, 0.25) is 11.8 Å². The van der Waals surface area contributed by atoms with E-state index in [1.807, 2.05) is 0 Å². The summed E-state index contributed by atoms with van der Waals surface area (Å²) in [5, 5.41) is 13.1. The minimum atomic E-state index is -0.216. The second-order valence-electron chi connectivity index (χ2n) is 7.58.